The minimum absolute atomic E-state index is 0.0942. The first-order chi connectivity index (χ1) is 10.2. The number of carbonyl (C=O) groups is 3. The van der Waals surface area contributed by atoms with Crippen molar-refractivity contribution in [2.45, 2.75) is 26.8 Å². The normalized spacial score (nSPS) is 16.0. The van der Waals surface area contributed by atoms with Gasteiger partial charge in [-0.05, 0) is 33.2 Å². The summed E-state index contributed by atoms with van der Waals surface area (Å²) < 4.78 is 14.6. The van der Waals surface area contributed by atoms with Gasteiger partial charge in [0.15, 0.2) is 5.05 Å². The summed E-state index contributed by atoms with van der Waals surface area (Å²) in [5.41, 5.74) is 0. The van der Waals surface area contributed by atoms with Gasteiger partial charge in [-0.25, -0.2) is 4.39 Å². The Kier molecular flexibility index (Phi) is 10.0. The lowest BCUT2D eigenvalue weighted by Gasteiger charge is -2.36. The maximum atomic E-state index is 12.5. The summed E-state index contributed by atoms with van der Waals surface area (Å²) in [6.45, 7) is 4.25. The van der Waals surface area contributed by atoms with E-state index in [2.05, 4.69) is 22.3 Å². The van der Waals surface area contributed by atoms with E-state index in [1.165, 1.54) is 13.8 Å². The van der Waals surface area contributed by atoms with E-state index in [-0.39, 0.29) is 11.7 Å². The van der Waals surface area contributed by atoms with E-state index in [4.69, 9.17) is 0 Å². The van der Waals surface area contributed by atoms with Crippen molar-refractivity contribution in [1.29, 1.82) is 0 Å². The van der Waals surface area contributed by atoms with E-state index in [9.17, 15) is 23.9 Å². The van der Waals surface area contributed by atoms with Crippen molar-refractivity contribution in [2.24, 2.45) is 0 Å². The second-order valence-corrected chi connectivity index (χ2v) is 11.0. The lowest BCUT2D eigenvalue weighted by Crippen LogP contribution is -2.41. The Morgan fingerprint density at radius 1 is 1.32 bits per heavy atom. The van der Waals surface area contributed by atoms with E-state index in [1.807, 2.05) is 0 Å². The van der Waals surface area contributed by atoms with Crippen LogP contribution >= 0.6 is 44.0 Å². The molecular formula is C11H19FN2O4S4. The van der Waals surface area contributed by atoms with Gasteiger partial charge < -0.3 is 15.1 Å². The van der Waals surface area contributed by atoms with E-state index < -0.39 is 36.7 Å². The zero-order chi connectivity index (χ0) is 17.3. The Morgan fingerprint density at radius 3 is 2.27 bits per heavy atom. The molecule has 0 fully saturated rings. The quantitative estimate of drug-likeness (QED) is 0.454. The molecule has 2 atom stereocenters. The molecule has 0 spiro atoms. The van der Waals surface area contributed by atoms with E-state index >= 15 is 0 Å². The predicted molar refractivity (Wildman–Crippen MR) is 96.2 cm³/mol. The number of rotatable bonds is 7. The number of hydrogen-bond donors (Lipinski definition) is 3. The minimum Gasteiger partial charge on any atom is -0.500 e. The number of amides is 2. The van der Waals surface area contributed by atoms with Crippen molar-refractivity contribution in [3.8, 4) is 0 Å². The van der Waals surface area contributed by atoms with Gasteiger partial charge in [0.2, 0.25) is 11.8 Å². The van der Waals surface area contributed by atoms with Crippen molar-refractivity contribution in [2.75, 3.05) is 17.5 Å². The molecule has 0 aliphatic carbocycles. The smallest absolute Gasteiger partial charge is 0.257 e. The zero-order valence-electron chi connectivity index (χ0n) is 12.4. The number of aliphatic hydroxyl groups is 1. The zero-order valence-corrected chi connectivity index (χ0v) is 15.6. The highest BCUT2D eigenvalue weighted by Crippen LogP contribution is 2.60. The van der Waals surface area contributed by atoms with Gasteiger partial charge in [0.05, 0.1) is 0 Å². The topological polar surface area (TPSA) is 95.5 Å². The van der Waals surface area contributed by atoms with Gasteiger partial charge in [-0.3, -0.25) is 14.4 Å². The van der Waals surface area contributed by atoms with Gasteiger partial charge in [-0.1, -0.05) is 17.7 Å². The number of thiocarbonyl (C=S) groups is 1. The average Bonchev–Trinajstić information content (AvgIpc) is 2.40. The highest BCUT2D eigenvalue weighted by Gasteiger charge is 2.34. The molecule has 22 heavy (non-hydrogen) atoms. The first-order valence-corrected chi connectivity index (χ1v) is 10.8. The molecule has 6 nitrogen and oxygen atoms in total. The third kappa shape index (κ3) is 7.16. The largest absolute Gasteiger partial charge is 0.500 e. The average molecular weight is 391 g/mol. The Morgan fingerprint density at radius 2 is 1.91 bits per heavy atom. The van der Waals surface area contributed by atoms with Gasteiger partial charge in [0.1, 0.15) is 12.0 Å². The molecule has 0 radical (unpaired) electrons. The maximum Gasteiger partial charge on any atom is 0.257 e. The van der Waals surface area contributed by atoms with Crippen molar-refractivity contribution < 1.29 is 23.9 Å². The van der Waals surface area contributed by atoms with Gasteiger partial charge in [-0.2, -0.15) is 0 Å². The van der Waals surface area contributed by atoms with Gasteiger partial charge in [0.25, 0.3) is 4.45 Å². The Hall–Kier alpha value is -0.520. The molecule has 128 valence electrons. The number of alkyl halides is 1. The maximum absolute atomic E-state index is 12.5. The van der Waals surface area contributed by atoms with Crippen LogP contribution in [-0.2, 0) is 9.59 Å². The standard InChI is InChI=1S/C11H19FN2O4S4/c1-4-22(14-8(3)16,11(18)20-6-12)21-5-9(10(17)19)13-7(2)15/h9H,4-6H2,1-3H3,(H,13,15)(H,14,16)(H,17,19). The molecule has 2 unspecified atom stereocenters. The number of nitrogens with one attached hydrogen (secondary N) is 2. The SMILES string of the molecule is CCS(NC(C)=O)(SCC(NC(C)=O)C(O)=S)C(=O)SCF. The Bertz CT molecular complexity index is 452. The predicted octanol–water partition coefficient (Wildman–Crippen LogP) is 2.68. The summed E-state index contributed by atoms with van der Waals surface area (Å²) in [4.78, 5) is 34.6. The molecule has 0 bridgehead atoms. The molecule has 0 aromatic heterocycles. The van der Waals surface area contributed by atoms with E-state index in [0.717, 1.165) is 10.8 Å². The van der Waals surface area contributed by atoms with Crippen LogP contribution in [0.3, 0.4) is 0 Å². The van der Waals surface area contributed by atoms with Crippen molar-refractivity contribution in [3.63, 3.8) is 0 Å². The summed E-state index contributed by atoms with van der Waals surface area (Å²) in [5, 5.41) is 11.5. The van der Waals surface area contributed by atoms with Crippen LogP contribution in [0.5, 0.6) is 0 Å². The second-order valence-electron chi connectivity index (χ2n) is 4.00. The molecule has 0 saturated carbocycles. The third-order valence-electron chi connectivity index (χ3n) is 2.27. The number of carbonyl (C=O) groups excluding carboxylic acids is 3. The fourth-order valence-corrected chi connectivity index (χ4v) is 8.23. The monoisotopic (exact) mass is 390 g/mol. The van der Waals surface area contributed by atoms with Crippen molar-refractivity contribution in [3.05, 3.63) is 0 Å². The number of thioether (sulfide) groups is 1. The molecule has 0 heterocycles. The molecule has 11 heteroatoms. The number of aliphatic hydroxyl groups excluding tert-OH is 1. The summed E-state index contributed by atoms with van der Waals surface area (Å²) >= 11 is 5.16. The van der Waals surface area contributed by atoms with Crippen LogP contribution in [0.15, 0.2) is 0 Å². The third-order valence-corrected chi connectivity index (χ3v) is 10.3. The lowest BCUT2D eigenvalue weighted by molar-refractivity contribution is -0.119. The molecule has 0 aromatic rings. The van der Waals surface area contributed by atoms with Crippen LogP contribution in [0.2, 0.25) is 0 Å². The minimum atomic E-state index is -2.36. The second kappa shape index (κ2) is 10.3. The van der Waals surface area contributed by atoms with Crippen molar-refractivity contribution in [1.82, 2.24) is 10.0 Å². The highest BCUT2D eigenvalue weighted by molar-refractivity contribution is 9.02. The molecule has 3 N–H and O–H groups in total. The first kappa shape index (κ1) is 21.5. The van der Waals surface area contributed by atoms with Crippen LogP contribution in [0, 0.1) is 0 Å². The first-order valence-electron chi connectivity index (χ1n) is 6.15. The van der Waals surface area contributed by atoms with Crippen LogP contribution in [0.25, 0.3) is 0 Å². The van der Waals surface area contributed by atoms with E-state index in [0.29, 0.717) is 17.5 Å². The molecule has 0 saturated heterocycles. The Labute approximate surface area is 143 Å². The summed E-state index contributed by atoms with van der Waals surface area (Å²) in [7, 11) is -1.28. The molecule has 0 aromatic carbocycles. The molecule has 0 aliphatic heterocycles. The van der Waals surface area contributed by atoms with Crippen LogP contribution < -0.4 is 10.0 Å². The number of hydrogen-bond acceptors (Lipinski definition) is 6. The molecule has 2 amide bonds. The molecule has 0 aliphatic rings. The lowest BCUT2D eigenvalue weighted by atomic mass is 10.3. The van der Waals surface area contributed by atoms with Crippen LogP contribution in [-0.4, -0.2) is 50.0 Å². The fraction of sp³-hybridized carbons (Fsp3) is 0.636. The summed E-state index contributed by atoms with van der Waals surface area (Å²) in [5.74, 6) is -0.395. The summed E-state index contributed by atoms with van der Waals surface area (Å²) in [6, 6.07) is -1.71. The number of halogens is 1. The van der Waals surface area contributed by atoms with Crippen LogP contribution in [0.1, 0.15) is 20.8 Å². The summed E-state index contributed by atoms with van der Waals surface area (Å²) in [6.07, 6.45) is 0. The molecular weight excluding hydrogens is 371 g/mol. The van der Waals surface area contributed by atoms with Gasteiger partial charge in [0, 0.05) is 25.4 Å². The van der Waals surface area contributed by atoms with Gasteiger partial charge >= 0.3 is 0 Å². The van der Waals surface area contributed by atoms with E-state index in [1.54, 1.807) is 6.92 Å². The highest BCUT2D eigenvalue weighted by atomic mass is 33.2. The molecule has 0 rings (SSSR count). The fourth-order valence-electron chi connectivity index (χ4n) is 1.37. The van der Waals surface area contributed by atoms with Crippen molar-refractivity contribution >= 4 is 65.3 Å². The Balaban J connectivity index is 5.17. The van der Waals surface area contributed by atoms with Crippen LogP contribution in [0.4, 0.5) is 9.18 Å². The van der Waals surface area contributed by atoms with Gasteiger partial charge in [-0.15, -0.1) is 0 Å².